The molecular formula is C14H19N5O2S. The van der Waals surface area contributed by atoms with Crippen molar-refractivity contribution >= 4 is 15.8 Å². The minimum atomic E-state index is -3.47. The molecule has 8 heteroatoms. The SMILES string of the molecule is CNc1cc(C2CCCN(S(=O)(=O)c3cn[nH]c3)C2)ccn1. The van der Waals surface area contributed by atoms with E-state index in [0.29, 0.717) is 13.1 Å². The first kappa shape index (κ1) is 15.0. The molecule has 2 aromatic heterocycles. The average Bonchev–Trinajstić information content (AvgIpc) is 3.10. The van der Waals surface area contributed by atoms with Gasteiger partial charge in [0.1, 0.15) is 10.7 Å². The fourth-order valence-corrected chi connectivity index (χ4v) is 4.23. The minimum Gasteiger partial charge on any atom is -0.373 e. The van der Waals surface area contributed by atoms with Gasteiger partial charge < -0.3 is 5.32 Å². The molecule has 2 N–H and O–H groups in total. The van der Waals surface area contributed by atoms with Crippen molar-refractivity contribution in [3.8, 4) is 0 Å². The van der Waals surface area contributed by atoms with Gasteiger partial charge >= 0.3 is 0 Å². The standard InChI is InChI=1S/C14H19N5O2S/c1-15-14-7-11(4-5-16-14)12-3-2-6-19(10-12)22(20,21)13-8-17-18-9-13/h4-5,7-9,12H,2-3,6,10H2,1H3,(H,15,16)(H,17,18). The van der Waals surface area contributed by atoms with Gasteiger partial charge in [0.25, 0.3) is 0 Å². The highest BCUT2D eigenvalue weighted by molar-refractivity contribution is 7.89. The highest BCUT2D eigenvalue weighted by Crippen LogP contribution is 2.30. The normalized spacial score (nSPS) is 20.0. The minimum absolute atomic E-state index is 0.186. The Morgan fingerprint density at radius 3 is 3.05 bits per heavy atom. The first-order valence-corrected chi connectivity index (χ1v) is 8.68. The molecule has 22 heavy (non-hydrogen) atoms. The Balaban J connectivity index is 1.82. The van der Waals surface area contributed by atoms with Crippen LogP contribution in [0.3, 0.4) is 0 Å². The number of aromatic nitrogens is 3. The Morgan fingerprint density at radius 2 is 2.32 bits per heavy atom. The van der Waals surface area contributed by atoms with E-state index >= 15 is 0 Å². The van der Waals surface area contributed by atoms with Gasteiger partial charge in [0.05, 0.1) is 6.20 Å². The van der Waals surface area contributed by atoms with E-state index in [4.69, 9.17) is 0 Å². The van der Waals surface area contributed by atoms with Crippen molar-refractivity contribution in [3.05, 3.63) is 36.3 Å². The summed E-state index contributed by atoms with van der Waals surface area (Å²) in [4.78, 5) is 4.43. The van der Waals surface area contributed by atoms with Crippen LogP contribution in [0.5, 0.6) is 0 Å². The Bertz CT molecular complexity index is 729. The summed E-state index contributed by atoms with van der Waals surface area (Å²) in [5, 5.41) is 9.31. The summed E-state index contributed by atoms with van der Waals surface area (Å²) in [5.74, 6) is 0.984. The first-order valence-electron chi connectivity index (χ1n) is 7.24. The fraction of sp³-hybridized carbons (Fsp3) is 0.429. The third-order valence-corrected chi connectivity index (χ3v) is 5.84. The van der Waals surface area contributed by atoms with Crippen LogP contribution >= 0.6 is 0 Å². The van der Waals surface area contributed by atoms with Gasteiger partial charge in [0, 0.05) is 32.5 Å². The van der Waals surface area contributed by atoms with E-state index in [1.54, 1.807) is 10.5 Å². The van der Waals surface area contributed by atoms with Gasteiger partial charge in [0.15, 0.2) is 0 Å². The zero-order chi connectivity index (χ0) is 15.6. The molecule has 1 atom stereocenters. The third-order valence-electron chi connectivity index (χ3n) is 4.01. The number of hydrogen-bond donors (Lipinski definition) is 2. The molecule has 0 aliphatic carbocycles. The molecule has 0 aromatic carbocycles. The van der Waals surface area contributed by atoms with Gasteiger partial charge in [-0.2, -0.15) is 9.40 Å². The van der Waals surface area contributed by atoms with Gasteiger partial charge in [-0.3, -0.25) is 5.10 Å². The highest BCUT2D eigenvalue weighted by atomic mass is 32.2. The van der Waals surface area contributed by atoms with Crippen molar-refractivity contribution < 1.29 is 8.42 Å². The molecule has 0 spiro atoms. The molecule has 1 aliphatic rings. The maximum atomic E-state index is 12.6. The average molecular weight is 321 g/mol. The number of sulfonamides is 1. The van der Waals surface area contributed by atoms with Crippen LogP contribution in [0.2, 0.25) is 0 Å². The van der Waals surface area contributed by atoms with Crippen molar-refractivity contribution in [2.75, 3.05) is 25.5 Å². The Morgan fingerprint density at radius 1 is 1.45 bits per heavy atom. The molecule has 0 bridgehead atoms. The van der Waals surface area contributed by atoms with Crippen LogP contribution in [0.15, 0.2) is 35.6 Å². The van der Waals surface area contributed by atoms with Crippen LogP contribution in [-0.2, 0) is 10.0 Å². The van der Waals surface area contributed by atoms with E-state index in [1.807, 2.05) is 19.2 Å². The van der Waals surface area contributed by atoms with Crippen molar-refractivity contribution in [3.63, 3.8) is 0 Å². The largest absolute Gasteiger partial charge is 0.373 e. The molecule has 1 fully saturated rings. The second-order valence-corrected chi connectivity index (χ2v) is 7.30. The molecule has 1 unspecified atom stereocenters. The third kappa shape index (κ3) is 2.84. The van der Waals surface area contributed by atoms with Gasteiger partial charge in [-0.25, -0.2) is 13.4 Å². The summed E-state index contributed by atoms with van der Waals surface area (Å²) in [6, 6.07) is 3.94. The number of H-pyrrole nitrogens is 1. The number of piperidine rings is 1. The number of rotatable bonds is 4. The van der Waals surface area contributed by atoms with Crippen molar-refractivity contribution in [2.24, 2.45) is 0 Å². The smallest absolute Gasteiger partial charge is 0.246 e. The van der Waals surface area contributed by atoms with Gasteiger partial charge in [-0.1, -0.05) is 0 Å². The van der Waals surface area contributed by atoms with Crippen LogP contribution in [0.25, 0.3) is 0 Å². The molecular weight excluding hydrogens is 302 g/mol. The van der Waals surface area contributed by atoms with E-state index in [9.17, 15) is 8.42 Å². The first-order chi connectivity index (χ1) is 10.6. The van der Waals surface area contributed by atoms with Crippen LogP contribution in [0.1, 0.15) is 24.3 Å². The monoisotopic (exact) mass is 321 g/mol. The molecule has 2 aromatic rings. The van der Waals surface area contributed by atoms with Crippen LogP contribution < -0.4 is 5.32 Å². The van der Waals surface area contributed by atoms with Gasteiger partial charge in [0.2, 0.25) is 10.0 Å². The highest BCUT2D eigenvalue weighted by Gasteiger charge is 2.31. The summed E-state index contributed by atoms with van der Waals surface area (Å²) in [6.07, 6.45) is 6.35. The zero-order valence-corrected chi connectivity index (χ0v) is 13.2. The summed E-state index contributed by atoms with van der Waals surface area (Å²) in [5.41, 5.74) is 1.12. The summed E-state index contributed by atoms with van der Waals surface area (Å²) in [7, 11) is -1.64. The van der Waals surface area contributed by atoms with E-state index in [1.165, 1.54) is 12.4 Å². The van der Waals surface area contributed by atoms with Crippen molar-refractivity contribution in [2.45, 2.75) is 23.7 Å². The van der Waals surface area contributed by atoms with Crippen molar-refractivity contribution in [1.82, 2.24) is 19.5 Å². The maximum Gasteiger partial charge on any atom is 0.246 e. The van der Waals surface area contributed by atoms with E-state index in [0.717, 1.165) is 24.2 Å². The lowest BCUT2D eigenvalue weighted by atomic mass is 9.92. The number of hydrogen-bond acceptors (Lipinski definition) is 5. The quantitative estimate of drug-likeness (QED) is 0.888. The Kier molecular flexibility index (Phi) is 4.12. The lowest BCUT2D eigenvalue weighted by Gasteiger charge is -2.31. The summed E-state index contributed by atoms with van der Waals surface area (Å²) >= 11 is 0. The predicted octanol–water partition coefficient (Wildman–Crippen LogP) is 1.41. The van der Waals surface area contributed by atoms with Gasteiger partial charge in [-0.05, 0) is 36.5 Å². The molecule has 0 radical (unpaired) electrons. The zero-order valence-electron chi connectivity index (χ0n) is 12.4. The number of nitrogens with one attached hydrogen (secondary N) is 2. The molecule has 0 saturated carbocycles. The van der Waals surface area contributed by atoms with E-state index < -0.39 is 10.0 Å². The Labute approximate surface area is 129 Å². The van der Waals surface area contributed by atoms with Crippen LogP contribution in [-0.4, -0.2) is 48.0 Å². The lowest BCUT2D eigenvalue weighted by molar-refractivity contribution is 0.315. The maximum absolute atomic E-state index is 12.6. The molecule has 0 amide bonds. The second-order valence-electron chi connectivity index (χ2n) is 5.36. The molecule has 7 nitrogen and oxygen atoms in total. The molecule has 3 rings (SSSR count). The van der Waals surface area contributed by atoms with Gasteiger partial charge in [-0.15, -0.1) is 0 Å². The number of nitrogens with zero attached hydrogens (tertiary/aromatic N) is 3. The Hall–Kier alpha value is -1.93. The number of aromatic amines is 1. The van der Waals surface area contributed by atoms with E-state index in [-0.39, 0.29) is 10.8 Å². The van der Waals surface area contributed by atoms with Crippen LogP contribution in [0.4, 0.5) is 5.82 Å². The predicted molar refractivity (Wildman–Crippen MR) is 83.1 cm³/mol. The molecule has 1 aliphatic heterocycles. The molecule has 1 saturated heterocycles. The number of anilines is 1. The van der Waals surface area contributed by atoms with E-state index in [2.05, 4.69) is 20.5 Å². The molecule has 118 valence electrons. The topological polar surface area (TPSA) is 91.0 Å². The van der Waals surface area contributed by atoms with Crippen LogP contribution in [0, 0.1) is 0 Å². The summed E-state index contributed by atoms with van der Waals surface area (Å²) < 4.78 is 26.7. The lowest BCUT2D eigenvalue weighted by Crippen LogP contribution is -2.38. The fourth-order valence-electron chi connectivity index (χ4n) is 2.80. The summed E-state index contributed by atoms with van der Waals surface area (Å²) in [6.45, 7) is 1.04. The number of pyridine rings is 1. The van der Waals surface area contributed by atoms with Crippen molar-refractivity contribution in [1.29, 1.82) is 0 Å². The second kappa shape index (κ2) is 6.05. The molecule has 3 heterocycles.